The van der Waals surface area contributed by atoms with Crippen molar-refractivity contribution in [3.8, 4) is 5.40 Å². The van der Waals surface area contributed by atoms with Gasteiger partial charge in [0, 0.05) is 6.54 Å². The van der Waals surface area contributed by atoms with Gasteiger partial charge < -0.3 is 5.73 Å². The minimum atomic E-state index is 0.569. The lowest BCUT2D eigenvalue weighted by atomic mass is 10.6. The maximum absolute atomic E-state index is 8.35. The Bertz CT molecular complexity index is 285. The van der Waals surface area contributed by atoms with Crippen molar-refractivity contribution in [3.05, 3.63) is 6.20 Å². The number of nitriles is 1. The van der Waals surface area contributed by atoms with Crippen LogP contribution >= 0.6 is 11.8 Å². The number of anilines is 1. The molecule has 0 unspecified atom stereocenters. The molecule has 2 N–H and O–H groups in total. The highest BCUT2D eigenvalue weighted by Gasteiger charge is 2.04. The van der Waals surface area contributed by atoms with E-state index in [0.29, 0.717) is 5.82 Å². The third kappa shape index (κ3) is 1.46. The highest BCUT2D eigenvalue weighted by atomic mass is 32.2. The Morgan fingerprint density at radius 2 is 2.64 bits per heavy atom. The van der Waals surface area contributed by atoms with Gasteiger partial charge in [-0.05, 0) is 18.7 Å². The number of hydrogen-bond acceptors (Lipinski definition) is 4. The first-order valence-corrected chi connectivity index (χ1v) is 3.98. The zero-order chi connectivity index (χ0) is 8.27. The van der Waals surface area contributed by atoms with Crippen molar-refractivity contribution in [3.63, 3.8) is 0 Å². The molecule has 0 atom stereocenters. The standard InChI is InChI=1S/C6H8N4S/c1-2-10-6(8)5(3-9-10)11-4-7/h3H,2,8H2,1H3. The molecule has 1 heterocycles. The quantitative estimate of drug-likeness (QED) is 0.529. The lowest BCUT2D eigenvalue weighted by molar-refractivity contribution is 0.669. The molecule has 1 aromatic heterocycles. The van der Waals surface area contributed by atoms with Crippen molar-refractivity contribution in [1.29, 1.82) is 5.26 Å². The Balaban J connectivity index is 2.93. The summed E-state index contributed by atoms with van der Waals surface area (Å²) in [6.07, 6.45) is 1.60. The second-order valence-electron chi connectivity index (χ2n) is 1.90. The molecule has 0 aliphatic heterocycles. The van der Waals surface area contributed by atoms with Crippen LogP contribution in [0.1, 0.15) is 6.92 Å². The Morgan fingerprint density at radius 1 is 1.91 bits per heavy atom. The van der Waals surface area contributed by atoms with Crippen LogP contribution in [0, 0.1) is 10.7 Å². The SMILES string of the molecule is CCn1ncc(SC#N)c1N. The van der Waals surface area contributed by atoms with Crippen LogP contribution in [0.5, 0.6) is 0 Å². The van der Waals surface area contributed by atoms with Gasteiger partial charge in [0.25, 0.3) is 0 Å². The van der Waals surface area contributed by atoms with E-state index in [2.05, 4.69) is 5.10 Å². The zero-order valence-electron chi connectivity index (χ0n) is 6.11. The fraction of sp³-hybridized carbons (Fsp3) is 0.333. The number of thioether (sulfide) groups is 1. The third-order valence-electron chi connectivity index (χ3n) is 1.30. The van der Waals surface area contributed by atoms with Crippen LogP contribution < -0.4 is 5.73 Å². The number of nitrogens with zero attached hydrogens (tertiary/aromatic N) is 3. The smallest absolute Gasteiger partial charge is 0.138 e. The number of nitrogen functional groups attached to an aromatic ring is 1. The van der Waals surface area contributed by atoms with Gasteiger partial charge in [-0.1, -0.05) is 0 Å². The van der Waals surface area contributed by atoms with Gasteiger partial charge in [0.1, 0.15) is 11.2 Å². The Hall–Kier alpha value is -1.15. The zero-order valence-corrected chi connectivity index (χ0v) is 6.93. The second-order valence-corrected chi connectivity index (χ2v) is 2.73. The van der Waals surface area contributed by atoms with Gasteiger partial charge in [-0.25, -0.2) is 4.68 Å². The lowest BCUT2D eigenvalue weighted by Gasteiger charge is -1.97. The fourth-order valence-electron chi connectivity index (χ4n) is 0.757. The van der Waals surface area contributed by atoms with Crippen LogP contribution in [0.3, 0.4) is 0 Å². The van der Waals surface area contributed by atoms with E-state index in [4.69, 9.17) is 11.0 Å². The molecule has 4 nitrogen and oxygen atoms in total. The Labute approximate surface area is 69.0 Å². The van der Waals surface area contributed by atoms with Crippen LogP contribution in [0.4, 0.5) is 5.82 Å². The van der Waals surface area contributed by atoms with Crippen molar-refractivity contribution in [1.82, 2.24) is 9.78 Å². The second kappa shape index (κ2) is 3.30. The molecule has 0 bridgehead atoms. The summed E-state index contributed by atoms with van der Waals surface area (Å²) in [6.45, 7) is 2.68. The average Bonchev–Trinajstić information content (AvgIpc) is 2.34. The number of rotatable bonds is 2. The Morgan fingerprint density at radius 3 is 3.09 bits per heavy atom. The predicted octanol–water partition coefficient (Wildman–Crippen LogP) is 1.06. The molecule has 11 heavy (non-hydrogen) atoms. The largest absolute Gasteiger partial charge is 0.383 e. The van der Waals surface area contributed by atoms with E-state index in [-0.39, 0.29) is 0 Å². The van der Waals surface area contributed by atoms with E-state index in [1.807, 2.05) is 12.3 Å². The molecule has 0 amide bonds. The van der Waals surface area contributed by atoms with E-state index in [0.717, 1.165) is 23.2 Å². The first-order valence-electron chi connectivity index (χ1n) is 3.16. The molecular formula is C6H8N4S. The van der Waals surface area contributed by atoms with Gasteiger partial charge in [-0.15, -0.1) is 0 Å². The lowest BCUT2D eigenvalue weighted by Crippen LogP contribution is -2.01. The number of thiocyanates is 1. The molecule has 0 aliphatic rings. The third-order valence-corrected chi connectivity index (χ3v) is 1.93. The van der Waals surface area contributed by atoms with Crippen molar-refractivity contribution in [2.45, 2.75) is 18.4 Å². The summed E-state index contributed by atoms with van der Waals surface area (Å²) in [6, 6.07) is 0. The van der Waals surface area contributed by atoms with Crippen LogP contribution in [-0.4, -0.2) is 9.78 Å². The highest BCUT2D eigenvalue weighted by Crippen LogP contribution is 2.22. The van der Waals surface area contributed by atoms with Gasteiger partial charge in [0.05, 0.1) is 11.1 Å². The molecule has 0 aliphatic carbocycles. The molecule has 0 saturated carbocycles. The summed E-state index contributed by atoms with van der Waals surface area (Å²) in [5, 5.41) is 14.3. The van der Waals surface area contributed by atoms with Gasteiger partial charge in [-0.3, -0.25) is 0 Å². The summed E-state index contributed by atoms with van der Waals surface area (Å²) < 4.78 is 1.65. The topological polar surface area (TPSA) is 67.6 Å². The maximum Gasteiger partial charge on any atom is 0.138 e. The van der Waals surface area contributed by atoms with Crippen molar-refractivity contribution in [2.75, 3.05) is 5.73 Å². The average molecular weight is 168 g/mol. The molecule has 0 radical (unpaired) electrons. The maximum atomic E-state index is 8.35. The summed E-state index contributed by atoms with van der Waals surface area (Å²) in [5.41, 5.74) is 5.63. The normalized spacial score (nSPS) is 9.45. The monoisotopic (exact) mass is 168 g/mol. The summed E-state index contributed by atoms with van der Waals surface area (Å²) in [4.78, 5) is 0.731. The number of aryl methyl sites for hydroxylation is 1. The molecule has 5 heteroatoms. The highest BCUT2D eigenvalue weighted by molar-refractivity contribution is 8.03. The van der Waals surface area contributed by atoms with Crippen LogP contribution in [0.25, 0.3) is 0 Å². The van der Waals surface area contributed by atoms with E-state index in [1.54, 1.807) is 10.9 Å². The van der Waals surface area contributed by atoms with E-state index >= 15 is 0 Å². The number of aromatic nitrogens is 2. The van der Waals surface area contributed by atoms with Gasteiger partial charge >= 0.3 is 0 Å². The van der Waals surface area contributed by atoms with Crippen molar-refractivity contribution < 1.29 is 0 Å². The molecular weight excluding hydrogens is 160 g/mol. The fourth-order valence-corrected chi connectivity index (χ4v) is 1.17. The molecule has 0 spiro atoms. The van der Waals surface area contributed by atoms with E-state index in [9.17, 15) is 0 Å². The van der Waals surface area contributed by atoms with Crippen LogP contribution in [0.15, 0.2) is 11.1 Å². The molecule has 0 saturated heterocycles. The van der Waals surface area contributed by atoms with Crippen molar-refractivity contribution in [2.24, 2.45) is 0 Å². The van der Waals surface area contributed by atoms with E-state index < -0.39 is 0 Å². The Kier molecular flexibility index (Phi) is 2.39. The number of hydrogen-bond donors (Lipinski definition) is 1. The molecule has 1 aromatic rings. The first kappa shape index (κ1) is 7.95. The summed E-state index contributed by atoms with van der Waals surface area (Å²) in [7, 11) is 0. The molecule has 1 rings (SSSR count). The van der Waals surface area contributed by atoms with Crippen LogP contribution in [0.2, 0.25) is 0 Å². The van der Waals surface area contributed by atoms with Gasteiger partial charge in [-0.2, -0.15) is 10.4 Å². The van der Waals surface area contributed by atoms with Gasteiger partial charge in [0.15, 0.2) is 0 Å². The predicted molar refractivity (Wildman–Crippen MR) is 43.8 cm³/mol. The van der Waals surface area contributed by atoms with Crippen LogP contribution in [-0.2, 0) is 6.54 Å². The minimum Gasteiger partial charge on any atom is -0.383 e. The van der Waals surface area contributed by atoms with Crippen molar-refractivity contribution >= 4 is 17.6 Å². The summed E-state index contributed by atoms with van der Waals surface area (Å²) >= 11 is 1.04. The first-order chi connectivity index (χ1) is 5.29. The summed E-state index contributed by atoms with van der Waals surface area (Å²) in [5.74, 6) is 0.569. The van der Waals surface area contributed by atoms with E-state index in [1.165, 1.54) is 0 Å². The number of nitrogens with two attached hydrogens (primary N) is 1. The molecule has 58 valence electrons. The van der Waals surface area contributed by atoms with Gasteiger partial charge in [0.2, 0.25) is 0 Å². The minimum absolute atomic E-state index is 0.569. The molecule has 0 aromatic carbocycles. The molecule has 0 fully saturated rings.